The van der Waals surface area contributed by atoms with Crippen LogP contribution in [0.25, 0.3) is 0 Å². The average Bonchev–Trinajstić information content (AvgIpc) is 1.84. The molecule has 0 aliphatic heterocycles. The minimum atomic E-state index is -0.908. The number of hydrogen-bond acceptors (Lipinski definition) is 1. The first-order valence-electron chi connectivity index (χ1n) is 3.75. The summed E-state index contributed by atoms with van der Waals surface area (Å²) in [4.78, 5) is 10.2. The second-order valence-electron chi connectivity index (χ2n) is 2.83. The molecule has 0 aliphatic rings. The molecule has 0 aromatic carbocycles. The van der Waals surface area contributed by atoms with Crippen molar-refractivity contribution in [2.45, 2.75) is 20.8 Å². The lowest BCUT2D eigenvalue weighted by atomic mass is 10.2. The number of carboxylic acids is 1. The van der Waals surface area contributed by atoms with Crippen LogP contribution in [-0.4, -0.2) is 11.1 Å². The SMILES string of the molecule is CC(C)=C/C=C/C(C)=C\C(=O)O. The van der Waals surface area contributed by atoms with Crippen LogP contribution in [0.1, 0.15) is 20.8 Å². The van der Waals surface area contributed by atoms with E-state index < -0.39 is 5.97 Å². The lowest BCUT2D eigenvalue weighted by molar-refractivity contribution is -0.131. The lowest BCUT2D eigenvalue weighted by Gasteiger charge is -1.87. The van der Waals surface area contributed by atoms with Crippen molar-refractivity contribution in [3.63, 3.8) is 0 Å². The number of allylic oxidation sites excluding steroid dienone is 5. The zero-order valence-corrected chi connectivity index (χ0v) is 7.66. The largest absolute Gasteiger partial charge is 0.478 e. The van der Waals surface area contributed by atoms with Crippen molar-refractivity contribution in [1.29, 1.82) is 0 Å². The summed E-state index contributed by atoms with van der Waals surface area (Å²) < 4.78 is 0. The van der Waals surface area contributed by atoms with Gasteiger partial charge in [-0.3, -0.25) is 0 Å². The standard InChI is InChI=1S/C10H14O2/c1-8(2)5-4-6-9(3)7-10(11)12/h4-7H,1-3H3,(H,11,12)/b6-4+,9-7-. The maximum Gasteiger partial charge on any atom is 0.328 e. The van der Waals surface area contributed by atoms with Gasteiger partial charge in [0.2, 0.25) is 0 Å². The molecule has 0 rings (SSSR count). The molecule has 0 radical (unpaired) electrons. The van der Waals surface area contributed by atoms with Crippen molar-refractivity contribution < 1.29 is 9.90 Å². The molecule has 0 saturated heterocycles. The van der Waals surface area contributed by atoms with E-state index in [1.165, 1.54) is 11.6 Å². The van der Waals surface area contributed by atoms with E-state index in [0.717, 1.165) is 5.57 Å². The molecule has 0 saturated carbocycles. The molecule has 1 N–H and O–H groups in total. The Bertz CT molecular complexity index is 241. The van der Waals surface area contributed by atoms with Crippen LogP contribution in [0, 0.1) is 0 Å². The Balaban J connectivity index is 4.18. The highest BCUT2D eigenvalue weighted by molar-refractivity contribution is 5.81. The Morgan fingerprint density at radius 1 is 1.25 bits per heavy atom. The summed E-state index contributed by atoms with van der Waals surface area (Å²) in [5, 5.41) is 8.37. The Labute approximate surface area is 72.9 Å². The van der Waals surface area contributed by atoms with E-state index in [2.05, 4.69) is 0 Å². The minimum absolute atomic E-state index is 0.736. The van der Waals surface area contributed by atoms with Crippen LogP contribution in [-0.2, 0) is 4.79 Å². The third-order valence-electron chi connectivity index (χ3n) is 1.14. The van der Waals surface area contributed by atoms with Gasteiger partial charge >= 0.3 is 5.97 Å². The van der Waals surface area contributed by atoms with Gasteiger partial charge in [-0.1, -0.05) is 23.8 Å². The molecule has 0 aromatic heterocycles. The van der Waals surface area contributed by atoms with E-state index in [1.54, 1.807) is 13.0 Å². The Hall–Kier alpha value is -1.31. The average molecular weight is 166 g/mol. The van der Waals surface area contributed by atoms with Crippen molar-refractivity contribution in [2.24, 2.45) is 0 Å². The second-order valence-corrected chi connectivity index (χ2v) is 2.83. The zero-order valence-electron chi connectivity index (χ0n) is 7.66. The third kappa shape index (κ3) is 6.81. The summed E-state index contributed by atoms with van der Waals surface area (Å²) in [7, 11) is 0. The predicted octanol–water partition coefficient (Wildman–Crippen LogP) is 2.54. The summed E-state index contributed by atoms with van der Waals surface area (Å²) in [5.74, 6) is -0.908. The van der Waals surface area contributed by atoms with Gasteiger partial charge in [-0.25, -0.2) is 4.79 Å². The molecule has 0 aliphatic carbocycles. The molecule has 0 bridgehead atoms. The van der Waals surface area contributed by atoms with E-state index in [-0.39, 0.29) is 0 Å². The summed E-state index contributed by atoms with van der Waals surface area (Å²) in [6, 6.07) is 0. The van der Waals surface area contributed by atoms with Gasteiger partial charge in [-0.2, -0.15) is 0 Å². The fourth-order valence-electron chi connectivity index (χ4n) is 0.635. The van der Waals surface area contributed by atoms with Crippen LogP contribution in [0.15, 0.2) is 35.5 Å². The predicted molar refractivity (Wildman–Crippen MR) is 50.0 cm³/mol. The van der Waals surface area contributed by atoms with Gasteiger partial charge in [-0.05, 0) is 26.3 Å². The first-order valence-corrected chi connectivity index (χ1v) is 3.75. The number of aliphatic carboxylic acids is 1. The van der Waals surface area contributed by atoms with E-state index in [4.69, 9.17) is 5.11 Å². The van der Waals surface area contributed by atoms with Gasteiger partial charge in [0, 0.05) is 6.08 Å². The highest BCUT2D eigenvalue weighted by atomic mass is 16.4. The molecule has 0 heterocycles. The summed E-state index contributed by atoms with van der Waals surface area (Å²) in [5.41, 5.74) is 1.93. The van der Waals surface area contributed by atoms with Crippen LogP contribution in [0.3, 0.4) is 0 Å². The van der Waals surface area contributed by atoms with E-state index in [0.29, 0.717) is 0 Å². The zero-order chi connectivity index (χ0) is 9.56. The van der Waals surface area contributed by atoms with Crippen molar-refractivity contribution in [1.82, 2.24) is 0 Å². The molecule has 0 fully saturated rings. The smallest absolute Gasteiger partial charge is 0.328 e. The molecular weight excluding hydrogens is 152 g/mol. The van der Waals surface area contributed by atoms with E-state index in [9.17, 15) is 4.79 Å². The van der Waals surface area contributed by atoms with Crippen molar-refractivity contribution in [2.75, 3.05) is 0 Å². The molecule has 0 atom stereocenters. The van der Waals surface area contributed by atoms with Gasteiger partial charge in [-0.15, -0.1) is 0 Å². The highest BCUT2D eigenvalue weighted by Crippen LogP contribution is 1.96. The van der Waals surface area contributed by atoms with Crippen LogP contribution in [0.5, 0.6) is 0 Å². The molecule has 2 nitrogen and oxygen atoms in total. The molecule has 12 heavy (non-hydrogen) atoms. The van der Waals surface area contributed by atoms with Crippen molar-refractivity contribution >= 4 is 5.97 Å². The maximum atomic E-state index is 10.2. The van der Waals surface area contributed by atoms with Crippen LogP contribution in [0.4, 0.5) is 0 Å². The molecule has 0 unspecified atom stereocenters. The first-order chi connectivity index (χ1) is 5.52. The normalized spacial score (nSPS) is 11.8. The molecule has 0 spiro atoms. The van der Waals surface area contributed by atoms with Crippen LogP contribution >= 0.6 is 0 Å². The van der Waals surface area contributed by atoms with Gasteiger partial charge in [0.05, 0.1) is 0 Å². The third-order valence-corrected chi connectivity index (χ3v) is 1.14. The monoisotopic (exact) mass is 166 g/mol. The van der Waals surface area contributed by atoms with Crippen LogP contribution in [0.2, 0.25) is 0 Å². The highest BCUT2D eigenvalue weighted by Gasteiger charge is 1.87. The van der Waals surface area contributed by atoms with E-state index >= 15 is 0 Å². The number of hydrogen-bond donors (Lipinski definition) is 1. The number of rotatable bonds is 3. The van der Waals surface area contributed by atoms with Gasteiger partial charge in [0.25, 0.3) is 0 Å². The van der Waals surface area contributed by atoms with Gasteiger partial charge in [0.15, 0.2) is 0 Å². The topological polar surface area (TPSA) is 37.3 Å². The Morgan fingerprint density at radius 3 is 2.25 bits per heavy atom. The number of carbonyl (C=O) groups is 1. The lowest BCUT2D eigenvalue weighted by Crippen LogP contribution is -1.87. The Morgan fingerprint density at radius 2 is 1.83 bits per heavy atom. The molecule has 2 heteroatoms. The second kappa shape index (κ2) is 5.35. The molecule has 66 valence electrons. The summed E-state index contributed by atoms with van der Waals surface area (Å²) in [6.07, 6.45) is 6.71. The summed E-state index contributed by atoms with van der Waals surface area (Å²) >= 11 is 0. The maximum absolute atomic E-state index is 10.2. The van der Waals surface area contributed by atoms with Gasteiger partial charge < -0.3 is 5.11 Å². The Kier molecular flexibility index (Phi) is 4.77. The fourth-order valence-corrected chi connectivity index (χ4v) is 0.635. The van der Waals surface area contributed by atoms with E-state index in [1.807, 2.05) is 26.0 Å². The molecule has 0 amide bonds. The van der Waals surface area contributed by atoms with Crippen LogP contribution < -0.4 is 0 Å². The minimum Gasteiger partial charge on any atom is -0.478 e. The molecular formula is C10H14O2. The fraction of sp³-hybridized carbons (Fsp3) is 0.300. The first kappa shape index (κ1) is 10.7. The molecule has 0 aromatic rings. The number of carboxylic acid groups (broad SMARTS) is 1. The van der Waals surface area contributed by atoms with Crippen molar-refractivity contribution in [3.05, 3.63) is 35.5 Å². The summed E-state index contributed by atoms with van der Waals surface area (Å²) in [6.45, 7) is 5.73. The van der Waals surface area contributed by atoms with Crippen molar-refractivity contribution in [3.8, 4) is 0 Å². The van der Waals surface area contributed by atoms with Gasteiger partial charge in [0.1, 0.15) is 0 Å². The quantitative estimate of drug-likeness (QED) is 0.516.